The van der Waals surface area contributed by atoms with Gasteiger partial charge in [0.15, 0.2) is 5.96 Å². The van der Waals surface area contributed by atoms with Crippen LogP contribution in [0.1, 0.15) is 44.1 Å². The number of nitrogens with one attached hydrogen (secondary N) is 3. The van der Waals surface area contributed by atoms with Crippen LogP contribution in [0.3, 0.4) is 0 Å². The summed E-state index contributed by atoms with van der Waals surface area (Å²) >= 11 is 0. The lowest BCUT2D eigenvalue weighted by Gasteiger charge is -2.26. The van der Waals surface area contributed by atoms with Crippen molar-refractivity contribution in [3.63, 3.8) is 0 Å². The summed E-state index contributed by atoms with van der Waals surface area (Å²) in [5, 5.41) is 9.52. The molecule has 2 aromatic rings. The summed E-state index contributed by atoms with van der Waals surface area (Å²) in [4.78, 5) is 19.3. The monoisotopic (exact) mass is 411 g/mol. The van der Waals surface area contributed by atoms with Crippen molar-refractivity contribution in [1.29, 1.82) is 0 Å². The molecule has 1 aromatic carbocycles. The average Bonchev–Trinajstić information content (AvgIpc) is 3.47. The fourth-order valence-electron chi connectivity index (χ4n) is 3.70. The second-order valence-electron chi connectivity index (χ2n) is 7.45. The van der Waals surface area contributed by atoms with E-state index in [4.69, 9.17) is 4.42 Å². The van der Waals surface area contributed by atoms with Gasteiger partial charge >= 0.3 is 0 Å². The Morgan fingerprint density at radius 1 is 1.17 bits per heavy atom. The third-order valence-electron chi connectivity index (χ3n) is 5.26. The summed E-state index contributed by atoms with van der Waals surface area (Å²) in [7, 11) is 0. The Hall–Kier alpha value is -2.80. The molecule has 1 amide bonds. The normalized spacial score (nSPS) is 15.7. The van der Waals surface area contributed by atoms with Gasteiger partial charge in [0, 0.05) is 18.8 Å². The number of likely N-dealkylation sites (tertiary alicyclic amines) is 1. The Morgan fingerprint density at radius 2 is 2.00 bits per heavy atom. The van der Waals surface area contributed by atoms with Gasteiger partial charge in [-0.1, -0.05) is 19.1 Å². The molecule has 1 saturated heterocycles. The van der Waals surface area contributed by atoms with Gasteiger partial charge in [-0.15, -0.1) is 0 Å². The van der Waals surface area contributed by atoms with Gasteiger partial charge < -0.3 is 20.4 Å². The minimum atomic E-state index is -0.136. The highest BCUT2D eigenvalue weighted by Crippen LogP contribution is 2.24. The molecule has 3 rings (SSSR count). The van der Waals surface area contributed by atoms with E-state index in [2.05, 4.69) is 38.8 Å². The van der Waals surface area contributed by atoms with Crippen LogP contribution in [0.5, 0.6) is 0 Å². The van der Waals surface area contributed by atoms with Gasteiger partial charge in [0.1, 0.15) is 12.3 Å². The molecular weight excluding hydrogens is 378 g/mol. The van der Waals surface area contributed by atoms with Crippen molar-refractivity contribution in [2.24, 2.45) is 4.99 Å². The number of carbonyl (C=O) groups is 1. The third kappa shape index (κ3) is 6.35. The lowest BCUT2D eigenvalue weighted by atomic mass is 10.1. The maximum absolute atomic E-state index is 12.4. The van der Waals surface area contributed by atoms with E-state index >= 15 is 0 Å². The minimum Gasteiger partial charge on any atom is -0.468 e. The smallest absolute Gasteiger partial charge is 0.246 e. The number of carbonyl (C=O) groups excluding carboxylic acids is 1. The van der Waals surface area contributed by atoms with Crippen molar-refractivity contribution in [3.05, 3.63) is 54.0 Å². The maximum Gasteiger partial charge on any atom is 0.246 e. The highest BCUT2D eigenvalue weighted by Gasteiger charge is 2.25. The minimum absolute atomic E-state index is 0.0564. The molecule has 1 aliphatic rings. The van der Waals surface area contributed by atoms with Gasteiger partial charge in [-0.05, 0) is 69.1 Å². The number of aliphatic imine (C=N–C) groups is 1. The summed E-state index contributed by atoms with van der Waals surface area (Å²) in [6.07, 6.45) is 5.08. The molecule has 0 bridgehead atoms. The van der Waals surface area contributed by atoms with E-state index in [1.807, 2.05) is 37.3 Å². The summed E-state index contributed by atoms with van der Waals surface area (Å²) in [6, 6.07) is 12.0. The van der Waals surface area contributed by atoms with Crippen LogP contribution in [0.15, 0.2) is 52.1 Å². The molecule has 1 atom stereocenters. The standard InChI is InChI=1S/C23H33N5O2/c1-3-18-9-7-10-19(15-18)27-22(29)17-26-23(24-4-2)25-16-20(21-11-8-14-30-21)28-12-5-6-13-28/h7-11,14-15,20H,3-6,12-13,16-17H2,1-2H3,(H,27,29)(H2,24,25,26). The van der Waals surface area contributed by atoms with E-state index < -0.39 is 0 Å². The summed E-state index contributed by atoms with van der Waals surface area (Å²) in [5.41, 5.74) is 2.00. The first kappa shape index (κ1) is 21.9. The highest BCUT2D eigenvalue weighted by atomic mass is 16.3. The SMILES string of the molecule is CCNC(=NCC(=O)Nc1cccc(CC)c1)NCC(c1ccco1)N1CCCC1. The van der Waals surface area contributed by atoms with Crippen molar-refractivity contribution in [3.8, 4) is 0 Å². The third-order valence-corrected chi connectivity index (χ3v) is 5.26. The highest BCUT2D eigenvalue weighted by molar-refractivity contribution is 5.94. The molecule has 2 heterocycles. The lowest BCUT2D eigenvalue weighted by molar-refractivity contribution is -0.114. The Bertz CT molecular complexity index is 813. The van der Waals surface area contributed by atoms with E-state index in [-0.39, 0.29) is 18.5 Å². The number of guanidine groups is 1. The number of furan rings is 1. The zero-order valence-corrected chi connectivity index (χ0v) is 18.0. The Balaban J connectivity index is 1.58. The molecule has 1 unspecified atom stereocenters. The Kier molecular flexibility index (Phi) is 8.32. The van der Waals surface area contributed by atoms with E-state index in [1.54, 1.807) is 6.26 Å². The second-order valence-corrected chi connectivity index (χ2v) is 7.45. The number of nitrogens with zero attached hydrogens (tertiary/aromatic N) is 2. The van der Waals surface area contributed by atoms with Crippen molar-refractivity contribution < 1.29 is 9.21 Å². The van der Waals surface area contributed by atoms with Crippen LogP contribution in [0.25, 0.3) is 0 Å². The van der Waals surface area contributed by atoms with E-state index in [0.29, 0.717) is 12.5 Å². The molecule has 30 heavy (non-hydrogen) atoms. The van der Waals surface area contributed by atoms with E-state index in [1.165, 1.54) is 18.4 Å². The van der Waals surface area contributed by atoms with Crippen molar-refractivity contribution in [2.45, 2.75) is 39.2 Å². The molecule has 1 fully saturated rings. The molecule has 1 aliphatic heterocycles. The molecule has 0 spiro atoms. The van der Waals surface area contributed by atoms with Crippen LogP contribution in [0, 0.1) is 0 Å². The zero-order chi connectivity index (χ0) is 21.2. The van der Waals surface area contributed by atoms with Gasteiger partial charge in [0.2, 0.25) is 5.91 Å². The van der Waals surface area contributed by atoms with Crippen LogP contribution < -0.4 is 16.0 Å². The molecule has 0 radical (unpaired) electrons. The number of hydrogen-bond acceptors (Lipinski definition) is 4. The molecule has 0 saturated carbocycles. The molecule has 3 N–H and O–H groups in total. The van der Waals surface area contributed by atoms with Crippen LogP contribution >= 0.6 is 0 Å². The van der Waals surface area contributed by atoms with Crippen LogP contribution in [0.4, 0.5) is 5.69 Å². The molecule has 7 heteroatoms. The van der Waals surface area contributed by atoms with E-state index in [0.717, 1.165) is 37.5 Å². The topological polar surface area (TPSA) is 81.9 Å². The first-order chi connectivity index (χ1) is 14.7. The number of rotatable bonds is 9. The van der Waals surface area contributed by atoms with Crippen molar-refractivity contribution in [2.75, 3.05) is 38.0 Å². The van der Waals surface area contributed by atoms with Crippen molar-refractivity contribution >= 4 is 17.6 Å². The number of hydrogen-bond donors (Lipinski definition) is 3. The second kappa shape index (κ2) is 11.4. The first-order valence-corrected chi connectivity index (χ1v) is 10.9. The van der Waals surface area contributed by atoms with Gasteiger partial charge in [0.05, 0.1) is 12.3 Å². The average molecular weight is 412 g/mol. The zero-order valence-electron chi connectivity index (χ0n) is 18.0. The fourth-order valence-corrected chi connectivity index (χ4v) is 3.70. The number of anilines is 1. The lowest BCUT2D eigenvalue weighted by Crippen LogP contribution is -2.43. The molecule has 7 nitrogen and oxygen atoms in total. The summed E-state index contributed by atoms with van der Waals surface area (Å²) < 4.78 is 5.68. The van der Waals surface area contributed by atoms with E-state index in [9.17, 15) is 4.79 Å². The predicted octanol–water partition coefficient (Wildman–Crippen LogP) is 3.17. The largest absolute Gasteiger partial charge is 0.468 e. The number of amides is 1. The van der Waals surface area contributed by atoms with Crippen molar-refractivity contribution in [1.82, 2.24) is 15.5 Å². The molecule has 1 aromatic heterocycles. The quantitative estimate of drug-likeness (QED) is 0.436. The van der Waals surface area contributed by atoms with Gasteiger partial charge in [-0.2, -0.15) is 0 Å². The number of aryl methyl sites for hydroxylation is 1. The van der Waals surface area contributed by atoms with Gasteiger partial charge in [0.25, 0.3) is 0 Å². The molecular formula is C23H33N5O2. The first-order valence-electron chi connectivity index (χ1n) is 10.9. The summed E-state index contributed by atoms with van der Waals surface area (Å²) in [5.74, 6) is 1.45. The number of benzene rings is 1. The van der Waals surface area contributed by atoms with Crippen LogP contribution in [0.2, 0.25) is 0 Å². The maximum atomic E-state index is 12.4. The van der Waals surface area contributed by atoms with Crippen LogP contribution in [-0.4, -0.2) is 49.5 Å². The molecule has 0 aliphatic carbocycles. The van der Waals surface area contributed by atoms with Gasteiger partial charge in [-0.25, -0.2) is 4.99 Å². The van der Waals surface area contributed by atoms with Gasteiger partial charge in [-0.3, -0.25) is 9.69 Å². The predicted molar refractivity (Wildman–Crippen MR) is 121 cm³/mol. The summed E-state index contributed by atoms with van der Waals surface area (Å²) in [6.45, 7) is 7.69. The Morgan fingerprint density at radius 3 is 2.70 bits per heavy atom. The Labute approximate surface area is 178 Å². The fraction of sp³-hybridized carbons (Fsp3) is 0.478. The molecule has 162 valence electrons. The van der Waals surface area contributed by atoms with Crippen LogP contribution in [-0.2, 0) is 11.2 Å².